The standard InChI is InChI=1S/C6H15O3PS/c1-6(2,3)11-10(7,8-4)9-5/h1-5H3. The molecule has 0 spiro atoms. The van der Waals surface area contributed by atoms with Crippen molar-refractivity contribution in [1.82, 2.24) is 0 Å². The number of hydrogen-bond acceptors (Lipinski definition) is 4. The molecule has 0 heterocycles. The van der Waals surface area contributed by atoms with Crippen LogP contribution in [0, 0.1) is 0 Å². The van der Waals surface area contributed by atoms with E-state index in [0.29, 0.717) is 0 Å². The fourth-order valence-corrected chi connectivity index (χ4v) is 3.91. The monoisotopic (exact) mass is 198 g/mol. The topological polar surface area (TPSA) is 35.5 Å². The fraction of sp³-hybridized carbons (Fsp3) is 1.00. The summed E-state index contributed by atoms with van der Waals surface area (Å²) in [6.45, 7) is 3.00. The van der Waals surface area contributed by atoms with E-state index in [4.69, 9.17) is 9.05 Å². The van der Waals surface area contributed by atoms with E-state index in [1.165, 1.54) is 25.6 Å². The lowest BCUT2D eigenvalue weighted by atomic mass is 10.3. The van der Waals surface area contributed by atoms with Gasteiger partial charge in [0.15, 0.2) is 0 Å². The van der Waals surface area contributed by atoms with Gasteiger partial charge in [0.05, 0.1) is 0 Å². The van der Waals surface area contributed by atoms with Gasteiger partial charge in [0.25, 0.3) is 0 Å². The Bertz CT molecular complexity index is 156. The molecule has 0 fully saturated rings. The summed E-state index contributed by atoms with van der Waals surface area (Å²) in [5.41, 5.74) is 0. The van der Waals surface area contributed by atoms with Gasteiger partial charge in [-0.3, -0.25) is 0 Å². The van der Waals surface area contributed by atoms with Crippen LogP contribution < -0.4 is 0 Å². The minimum atomic E-state index is -2.89. The first-order chi connectivity index (χ1) is 4.83. The minimum absolute atomic E-state index is 0.110. The van der Waals surface area contributed by atoms with E-state index in [-0.39, 0.29) is 4.75 Å². The second-order valence-corrected chi connectivity index (χ2v) is 7.94. The van der Waals surface area contributed by atoms with Crippen molar-refractivity contribution in [2.24, 2.45) is 0 Å². The predicted octanol–water partition coefficient (Wildman–Crippen LogP) is 2.92. The molecule has 0 aliphatic rings. The molecule has 0 atom stereocenters. The highest BCUT2D eigenvalue weighted by Gasteiger charge is 2.29. The van der Waals surface area contributed by atoms with Gasteiger partial charge < -0.3 is 9.05 Å². The lowest BCUT2D eigenvalue weighted by molar-refractivity contribution is 0.295. The first-order valence-electron chi connectivity index (χ1n) is 3.25. The van der Waals surface area contributed by atoms with Crippen molar-refractivity contribution in [1.29, 1.82) is 0 Å². The highest BCUT2D eigenvalue weighted by Crippen LogP contribution is 2.63. The Morgan fingerprint density at radius 2 is 1.55 bits per heavy atom. The van der Waals surface area contributed by atoms with Crippen LogP contribution >= 0.6 is 18.2 Å². The molecule has 0 saturated carbocycles. The van der Waals surface area contributed by atoms with Crippen molar-refractivity contribution >= 4 is 18.2 Å². The molecule has 11 heavy (non-hydrogen) atoms. The molecule has 3 nitrogen and oxygen atoms in total. The van der Waals surface area contributed by atoms with Crippen LogP contribution in [-0.4, -0.2) is 19.0 Å². The van der Waals surface area contributed by atoms with Crippen molar-refractivity contribution in [3.63, 3.8) is 0 Å². The van der Waals surface area contributed by atoms with Crippen molar-refractivity contribution in [3.8, 4) is 0 Å². The molecular weight excluding hydrogens is 183 g/mol. The maximum Gasteiger partial charge on any atom is 0.389 e. The van der Waals surface area contributed by atoms with Crippen molar-refractivity contribution in [2.75, 3.05) is 14.2 Å². The number of rotatable bonds is 3. The van der Waals surface area contributed by atoms with Crippen LogP contribution in [0.5, 0.6) is 0 Å². The summed E-state index contributed by atoms with van der Waals surface area (Å²) in [5.74, 6) is 0. The first-order valence-corrected chi connectivity index (χ1v) is 6.22. The van der Waals surface area contributed by atoms with Gasteiger partial charge in [0.1, 0.15) is 0 Å². The van der Waals surface area contributed by atoms with Gasteiger partial charge in [0.2, 0.25) is 0 Å². The zero-order chi connectivity index (χ0) is 9.12. The van der Waals surface area contributed by atoms with Crippen LogP contribution in [0.4, 0.5) is 0 Å². The Kier molecular flexibility index (Phi) is 4.12. The Balaban J connectivity index is 4.21. The van der Waals surface area contributed by atoms with E-state index < -0.39 is 6.80 Å². The zero-order valence-corrected chi connectivity index (χ0v) is 9.29. The van der Waals surface area contributed by atoms with E-state index >= 15 is 0 Å². The smallest absolute Gasteiger partial charge is 0.304 e. The highest BCUT2D eigenvalue weighted by atomic mass is 32.7. The molecule has 68 valence electrons. The summed E-state index contributed by atoms with van der Waals surface area (Å²) in [4.78, 5) is 0. The third kappa shape index (κ3) is 4.86. The molecule has 0 saturated heterocycles. The highest BCUT2D eigenvalue weighted by molar-refractivity contribution is 8.55. The first kappa shape index (κ1) is 11.5. The maximum atomic E-state index is 11.5. The van der Waals surface area contributed by atoms with Crippen LogP contribution in [0.25, 0.3) is 0 Å². The summed E-state index contributed by atoms with van der Waals surface area (Å²) in [6, 6.07) is 0. The number of hydrogen-bond donors (Lipinski definition) is 0. The van der Waals surface area contributed by atoms with Gasteiger partial charge in [-0.25, -0.2) is 4.57 Å². The molecule has 5 heteroatoms. The summed E-state index contributed by atoms with van der Waals surface area (Å²) < 4.78 is 20.9. The molecule has 0 unspecified atom stereocenters. The second kappa shape index (κ2) is 3.94. The molecule has 0 radical (unpaired) electrons. The third-order valence-corrected chi connectivity index (χ3v) is 5.71. The maximum absolute atomic E-state index is 11.5. The van der Waals surface area contributed by atoms with Crippen LogP contribution in [0.2, 0.25) is 0 Å². The second-order valence-electron chi connectivity index (χ2n) is 3.02. The Hall–Kier alpha value is 0.500. The van der Waals surface area contributed by atoms with E-state index in [1.54, 1.807) is 0 Å². The minimum Gasteiger partial charge on any atom is -0.304 e. The van der Waals surface area contributed by atoms with Crippen molar-refractivity contribution in [3.05, 3.63) is 0 Å². The molecule has 0 rings (SSSR count). The Labute approximate surface area is 72.1 Å². The zero-order valence-electron chi connectivity index (χ0n) is 7.58. The van der Waals surface area contributed by atoms with Crippen LogP contribution in [0.1, 0.15) is 20.8 Å². The average molecular weight is 198 g/mol. The Morgan fingerprint density at radius 3 is 1.64 bits per heavy atom. The molecule has 0 aliphatic heterocycles. The van der Waals surface area contributed by atoms with E-state index in [9.17, 15) is 4.57 Å². The van der Waals surface area contributed by atoms with Crippen molar-refractivity contribution in [2.45, 2.75) is 25.5 Å². The normalized spacial score (nSPS) is 13.5. The fourth-order valence-electron chi connectivity index (χ4n) is 0.484. The molecule has 0 aromatic carbocycles. The van der Waals surface area contributed by atoms with E-state index in [0.717, 1.165) is 0 Å². The van der Waals surface area contributed by atoms with Gasteiger partial charge in [-0.1, -0.05) is 20.8 Å². The average Bonchev–Trinajstić information content (AvgIpc) is 1.84. The molecule has 0 aliphatic carbocycles. The van der Waals surface area contributed by atoms with Gasteiger partial charge in [-0.2, -0.15) is 0 Å². The predicted molar refractivity (Wildman–Crippen MR) is 49.0 cm³/mol. The summed E-state index contributed by atoms with van der Waals surface area (Å²) in [5, 5.41) is 0. The quantitative estimate of drug-likeness (QED) is 0.653. The molecule has 0 aromatic heterocycles. The van der Waals surface area contributed by atoms with Gasteiger partial charge in [-0.05, 0) is 11.4 Å². The van der Waals surface area contributed by atoms with Crippen molar-refractivity contribution < 1.29 is 13.6 Å². The van der Waals surface area contributed by atoms with Crippen LogP contribution in [0.15, 0.2) is 0 Å². The summed E-state index contributed by atoms with van der Waals surface area (Å²) >= 11 is 1.22. The molecule has 0 bridgehead atoms. The third-order valence-electron chi connectivity index (χ3n) is 0.833. The summed E-state index contributed by atoms with van der Waals surface area (Å²) in [6.07, 6.45) is 0. The Morgan fingerprint density at radius 1 is 1.18 bits per heavy atom. The van der Waals surface area contributed by atoms with Crippen LogP contribution in [0.3, 0.4) is 0 Å². The molecule has 0 N–H and O–H groups in total. The van der Waals surface area contributed by atoms with Crippen LogP contribution in [-0.2, 0) is 13.6 Å². The largest absolute Gasteiger partial charge is 0.389 e. The SMILES string of the molecule is COP(=O)(OC)SC(C)(C)C. The summed E-state index contributed by atoms with van der Waals surface area (Å²) in [7, 11) is 2.78. The lowest BCUT2D eigenvalue weighted by Crippen LogP contribution is -2.07. The molecule has 0 amide bonds. The molecular formula is C6H15O3PS. The van der Waals surface area contributed by atoms with Gasteiger partial charge in [-0.15, -0.1) is 0 Å². The lowest BCUT2D eigenvalue weighted by Gasteiger charge is -2.22. The van der Waals surface area contributed by atoms with Gasteiger partial charge >= 0.3 is 6.80 Å². The van der Waals surface area contributed by atoms with E-state index in [2.05, 4.69) is 0 Å². The molecule has 0 aromatic rings. The van der Waals surface area contributed by atoms with Gasteiger partial charge in [0, 0.05) is 19.0 Å². The van der Waals surface area contributed by atoms with E-state index in [1.807, 2.05) is 20.8 Å².